The summed E-state index contributed by atoms with van der Waals surface area (Å²) in [4.78, 5) is 4.49. The van der Waals surface area contributed by atoms with Gasteiger partial charge < -0.3 is 5.32 Å². The molecule has 0 amide bonds. The Balaban J connectivity index is 2.18. The lowest BCUT2D eigenvalue weighted by molar-refractivity contribution is 0.627. The summed E-state index contributed by atoms with van der Waals surface area (Å²) in [7, 11) is 0. The minimum absolute atomic E-state index is 0.265. The lowest BCUT2D eigenvalue weighted by Crippen LogP contribution is -2.37. The van der Waals surface area contributed by atoms with Crippen molar-refractivity contribution in [2.24, 2.45) is 10.8 Å². The van der Waals surface area contributed by atoms with Gasteiger partial charge in [-0.25, -0.2) is 15.2 Å². The number of hydrogen-bond donors (Lipinski definition) is 3. The molecule has 1 aromatic rings. The highest BCUT2D eigenvalue weighted by Crippen LogP contribution is 2.31. The Morgan fingerprint density at radius 3 is 2.68 bits per heavy atom. The fourth-order valence-corrected chi connectivity index (χ4v) is 3.00. The third kappa shape index (κ3) is 3.81. The minimum atomic E-state index is -0.405. The van der Waals surface area contributed by atoms with Gasteiger partial charge in [-0.05, 0) is 40.9 Å². The molecule has 0 spiro atoms. The largest absolute Gasteiger partial charge is 0.323 e. The van der Waals surface area contributed by atoms with Crippen molar-refractivity contribution in [3.8, 4) is 0 Å². The van der Waals surface area contributed by atoms with Crippen molar-refractivity contribution in [1.29, 1.82) is 0 Å². The van der Waals surface area contributed by atoms with Crippen LogP contribution >= 0.6 is 27.5 Å². The summed E-state index contributed by atoms with van der Waals surface area (Å²) in [5, 5.41) is 3.25. The number of guanidine groups is 1. The third-order valence-corrected chi connectivity index (χ3v) is 3.95. The summed E-state index contributed by atoms with van der Waals surface area (Å²) >= 11 is 9.25. The van der Waals surface area contributed by atoms with E-state index in [1.807, 2.05) is 0 Å². The molecule has 19 heavy (non-hydrogen) atoms. The van der Waals surface area contributed by atoms with Crippen LogP contribution in [-0.2, 0) is 0 Å². The zero-order valence-electron chi connectivity index (χ0n) is 10.2. The van der Waals surface area contributed by atoms with E-state index in [4.69, 9.17) is 17.4 Å². The molecule has 104 valence electrons. The molecule has 0 bridgehead atoms. The number of rotatable bonds is 2. The highest BCUT2D eigenvalue weighted by atomic mass is 79.9. The Morgan fingerprint density at radius 1 is 1.42 bits per heavy atom. The van der Waals surface area contributed by atoms with Crippen LogP contribution in [0.5, 0.6) is 0 Å². The van der Waals surface area contributed by atoms with Gasteiger partial charge in [-0.2, -0.15) is 0 Å². The van der Waals surface area contributed by atoms with E-state index in [0.29, 0.717) is 16.1 Å². The van der Waals surface area contributed by atoms with E-state index >= 15 is 0 Å². The van der Waals surface area contributed by atoms with Crippen LogP contribution in [0.25, 0.3) is 0 Å². The van der Waals surface area contributed by atoms with Gasteiger partial charge in [-0.3, -0.25) is 5.43 Å². The maximum Gasteiger partial charge on any atom is 0.210 e. The normalized spacial score (nSPS) is 16.7. The third-order valence-electron chi connectivity index (χ3n) is 3.02. The van der Waals surface area contributed by atoms with Crippen LogP contribution in [0.1, 0.15) is 25.7 Å². The van der Waals surface area contributed by atoms with Crippen LogP contribution in [0, 0.1) is 5.82 Å². The standard InChI is InChI=1S/C12H15BrClFN4/c13-9-5-7(15)6-10(14)11(9)18-12(19-16)17-8-3-1-2-4-8/h5-6,8H,1-4,16H2,(H2,17,18,19). The molecule has 0 saturated heterocycles. The van der Waals surface area contributed by atoms with Crippen molar-refractivity contribution in [2.75, 3.05) is 5.32 Å². The number of benzene rings is 1. The van der Waals surface area contributed by atoms with Crippen LogP contribution in [0.4, 0.5) is 10.1 Å². The van der Waals surface area contributed by atoms with Gasteiger partial charge in [0.25, 0.3) is 0 Å². The monoisotopic (exact) mass is 348 g/mol. The molecule has 0 unspecified atom stereocenters. The highest BCUT2D eigenvalue weighted by Gasteiger charge is 2.16. The molecule has 1 saturated carbocycles. The number of hydrazine groups is 1. The topological polar surface area (TPSA) is 62.4 Å². The fourth-order valence-electron chi connectivity index (χ4n) is 2.10. The van der Waals surface area contributed by atoms with Crippen LogP contribution < -0.4 is 16.6 Å². The Bertz CT molecular complexity index is 466. The van der Waals surface area contributed by atoms with Gasteiger partial charge in [-0.15, -0.1) is 0 Å². The first-order valence-corrected chi connectivity index (χ1v) is 7.23. The predicted octanol–water partition coefficient (Wildman–Crippen LogP) is 3.42. The molecule has 1 aliphatic rings. The van der Waals surface area contributed by atoms with Gasteiger partial charge in [0, 0.05) is 4.47 Å². The summed E-state index contributed by atoms with van der Waals surface area (Å²) in [6, 6.07) is 2.84. The van der Waals surface area contributed by atoms with Crippen molar-refractivity contribution in [1.82, 2.24) is 5.43 Å². The van der Waals surface area contributed by atoms with E-state index in [1.165, 1.54) is 25.0 Å². The molecular formula is C12H15BrClFN4. The zero-order chi connectivity index (χ0) is 13.8. The Hall–Kier alpha value is -0.850. The van der Waals surface area contributed by atoms with Crippen LogP contribution in [0.3, 0.4) is 0 Å². The second-order valence-corrected chi connectivity index (χ2v) is 5.69. The first-order valence-electron chi connectivity index (χ1n) is 6.06. The molecule has 7 heteroatoms. The van der Waals surface area contributed by atoms with Gasteiger partial charge in [0.05, 0.1) is 16.8 Å². The van der Waals surface area contributed by atoms with Gasteiger partial charge in [0.1, 0.15) is 5.82 Å². The Labute approximate surface area is 124 Å². The van der Waals surface area contributed by atoms with E-state index in [9.17, 15) is 4.39 Å². The molecule has 0 atom stereocenters. The number of halogens is 3. The zero-order valence-corrected chi connectivity index (χ0v) is 12.6. The van der Waals surface area contributed by atoms with E-state index < -0.39 is 5.82 Å². The average Bonchev–Trinajstić information content (AvgIpc) is 2.84. The van der Waals surface area contributed by atoms with E-state index in [-0.39, 0.29) is 11.1 Å². The summed E-state index contributed by atoms with van der Waals surface area (Å²) in [6.07, 6.45) is 4.50. The number of nitrogens with one attached hydrogen (secondary N) is 2. The SMILES string of the molecule is NNC(=NC1CCCC1)Nc1c(Cl)cc(F)cc1Br. The molecule has 4 N–H and O–H groups in total. The maximum absolute atomic E-state index is 13.1. The summed E-state index contributed by atoms with van der Waals surface area (Å²) in [6.45, 7) is 0. The van der Waals surface area contributed by atoms with Gasteiger partial charge in [0.2, 0.25) is 5.96 Å². The van der Waals surface area contributed by atoms with Crippen LogP contribution in [0.15, 0.2) is 21.6 Å². The number of hydrogen-bond acceptors (Lipinski definition) is 2. The lowest BCUT2D eigenvalue weighted by Gasteiger charge is -2.14. The molecular weight excluding hydrogens is 335 g/mol. The highest BCUT2D eigenvalue weighted by molar-refractivity contribution is 9.10. The van der Waals surface area contributed by atoms with Crippen molar-refractivity contribution < 1.29 is 4.39 Å². The number of nitrogens with zero attached hydrogens (tertiary/aromatic N) is 1. The summed E-state index contributed by atoms with van der Waals surface area (Å²) in [5.41, 5.74) is 3.05. The Morgan fingerprint density at radius 2 is 2.11 bits per heavy atom. The Kier molecular flexibility index (Phi) is 5.01. The van der Waals surface area contributed by atoms with E-state index in [2.05, 4.69) is 31.7 Å². The molecule has 0 aliphatic heterocycles. The van der Waals surface area contributed by atoms with Crippen molar-refractivity contribution in [2.45, 2.75) is 31.7 Å². The summed E-state index contributed by atoms with van der Waals surface area (Å²) < 4.78 is 13.7. The van der Waals surface area contributed by atoms with Crippen molar-refractivity contribution >= 4 is 39.2 Å². The molecule has 0 heterocycles. The molecule has 0 aromatic heterocycles. The molecule has 1 aromatic carbocycles. The summed E-state index contributed by atoms with van der Waals surface area (Å²) in [5.74, 6) is 5.48. The van der Waals surface area contributed by atoms with Crippen molar-refractivity contribution in [3.63, 3.8) is 0 Å². The van der Waals surface area contributed by atoms with Crippen LogP contribution in [0.2, 0.25) is 5.02 Å². The fraction of sp³-hybridized carbons (Fsp3) is 0.417. The second-order valence-electron chi connectivity index (χ2n) is 4.43. The molecule has 2 rings (SSSR count). The number of nitrogens with two attached hydrogens (primary N) is 1. The smallest absolute Gasteiger partial charge is 0.210 e. The second kappa shape index (κ2) is 6.54. The van der Waals surface area contributed by atoms with Gasteiger partial charge in [0.15, 0.2) is 0 Å². The van der Waals surface area contributed by atoms with Crippen LogP contribution in [-0.4, -0.2) is 12.0 Å². The van der Waals surface area contributed by atoms with E-state index in [1.54, 1.807) is 0 Å². The average molecular weight is 350 g/mol. The van der Waals surface area contributed by atoms with E-state index in [0.717, 1.165) is 12.8 Å². The quantitative estimate of drug-likeness (QED) is 0.332. The van der Waals surface area contributed by atoms with Crippen molar-refractivity contribution in [3.05, 3.63) is 27.4 Å². The first kappa shape index (κ1) is 14.6. The number of aliphatic imine (C=N–C) groups is 1. The first-order chi connectivity index (χ1) is 9.10. The lowest BCUT2D eigenvalue weighted by atomic mass is 10.3. The molecule has 4 nitrogen and oxygen atoms in total. The van der Waals surface area contributed by atoms with Gasteiger partial charge in [-0.1, -0.05) is 24.4 Å². The maximum atomic E-state index is 13.1. The number of anilines is 1. The predicted molar refractivity (Wildman–Crippen MR) is 79.7 cm³/mol. The molecule has 1 fully saturated rings. The molecule has 0 radical (unpaired) electrons. The van der Waals surface area contributed by atoms with Gasteiger partial charge >= 0.3 is 0 Å². The molecule has 1 aliphatic carbocycles. The minimum Gasteiger partial charge on any atom is -0.323 e.